The highest BCUT2D eigenvalue weighted by molar-refractivity contribution is 7.66. The Bertz CT molecular complexity index is 1120. The zero-order valence-corrected chi connectivity index (χ0v) is 18.5. The third-order valence-corrected chi connectivity index (χ3v) is 7.86. The van der Waals surface area contributed by atoms with Gasteiger partial charge in [-0.15, -0.1) is 5.10 Å². The molecule has 0 aliphatic carbocycles. The van der Waals surface area contributed by atoms with Crippen LogP contribution in [0.5, 0.6) is 0 Å². The van der Waals surface area contributed by atoms with E-state index >= 15 is 0 Å². The Balaban J connectivity index is 1.70. The van der Waals surface area contributed by atoms with E-state index in [2.05, 4.69) is 33.6 Å². The second kappa shape index (κ2) is 9.12. The number of phosphoric ester groups is 1. The van der Waals surface area contributed by atoms with E-state index in [0.717, 1.165) is 0 Å². The van der Waals surface area contributed by atoms with Crippen molar-refractivity contribution in [2.75, 3.05) is 19.0 Å². The van der Waals surface area contributed by atoms with Crippen molar-refractivity contribution in [3.63, 3.8) is 0 Å². The molecule has 0 amide bonds. The normalized spacial score (nSPS) is 27.8. The van der Waals surface area contributed by atoms with Crippen molar-refractivity contribution >= 4 is 40.3 Å². The number of imidazole rings is 1. The summed E-state index contributed by atoms with van der Waals surface area (Å²) in [6, 6.07) is 0. The fourth-order valence-corrected chi connectivity index (χ4v) is 5.84. The summed E-state index contributed by atoms with van der Waals surface area (Å²) in [6.45, 7) is -0.938. The van der Waals surface area contributed by atoms with E-state index in [0.29, 0.717) is 16.9 Å². The first-order chi connectivity index (χ1) is 14.7. The summed E-state index contributed by atoms with van der Waals surface area (Å²) in [6.07, 6.45) is -3.28. The first kappa shape index (κ1) is 25.3. The minimum absolute atomic E-state index is 0.332. The minimum atomic E-state index is -5.70. The van der Waals surface area contributed by atoms with Crippen LogP contribution in [-0.4, -0.2) is 81.5 Å². The molecular weight excluding hydrogens is 503 g/mol. The van der Waals surface area contributed by atoms with Crippen molar-refractivity contribution in [2.24, 2.45) is 0 Å². The summed E-state index contributed by atoms with van der Waals surface area (Å²) < 4.78 is 52.2. The molecule has 2 aromatic heterocycles. The maximum Gasteiger partial charge on any atom is 0.490 e. The number of ether oxygens (including phenoxy) is 1. The Hall–Kier alpha value is -1.36. The van der Waals surface area contributed by atoms with Crippen LogP contribution in [0.1, 0.15) is 6.23 Å². The van der Waals surface area contributed by atoms with Crippen LogP contribution in [0, 0.1) is 0 Å². The topological polar surface area (TPSA) is 265 Å². The monoisotopic (exact) mass is 521 g/mol. The Morgan fingerprint density at radius 3 is 2.44 bits per heavy atom. The fraction of sp³-hybridized carbons (Fsp3) is 0.545. The summed E-state index contributed by atoms with van der Waals surface area (Å²) in [4.78, 5) is 39.8. The van der Waals surface area contributed by atoms with Gasteiger partial charge in [0.05, 0.1) is 24.6 Å². The average molecular weight is 521 g/mol. The highest BCUT2D eigenvalue weighted by Gasteiger charge is 2.46. The van der Waals surface area contributed by atoms with E-state index < -0.39 is 54.6 Å². The van der Waals surface area contributed by atoms with Crippen LogP contribution in [0.3, 0.4) is 0 Å². The lowest BCUT2D eigenvalue weighted by Gasteiger charge is -2.19. The minimum Gasteiger partial charge on any atom is -0.387 e. The summed E-state index contributed by atoms with van der Waals surface area (Å²) >= 11 is 0. The molecule has 0 aromatic carbocycles. The molecule has 0 radical (unpaired) electrons. The quantitative estimate of drug-likeness (QED) is 0.192. The summed E-state index contributed by atoms with van der Waals surface area (Å²) in [7, 11) is -15.1. The molecule has 0 bridgehead atoms. The predicted molar refractivity (Wildman–Crippen MR) is 101 cm³/mol. The molecule has 1 saturated heterocycles. The molecule has 21 heteroatoms. The van der Waals surface area contributed by atoms with Gasteiger partial charge < -0.3 is 39.8 Å². The molecule has 180 valence electrons. The van der Waals surface area contributed by atoms with Crippen molar-refractivity contribution in [1.29, 1.82) is 0 Å². The number of fused-ring (bicyclic) bond motifs is 1. The first-order valence-electron chi connectivity index (χ1n) is 8.39. The summed E-state index contributed by atoms with van der Waals surface area (Å²) in [5, 5.41) is 30.9. The van der Waals surface area contributed by atoms with Gasteiger partial charge in [-0.25, -0.2) is 18.7 Å². The van der Waals surface area contributed by atoms with Gasteiger partial charge in [-0.2, -0.15) is 13.7 Å². The lowest BCUT2D eigenvalue weighted by molar-refractivity contribution is -0.0501. The first-order valence-corrected chi connectivity index (χ1v) is 12.9. The number of hydrogen-bond donors (Lipinski definition) is 7. The molecule has 18 nitrogen and oxygen atoms in total. The third-order valence-electron chi connectivity index (χ3n) is 4.06. The van der Waals surface area contributed by atoms with Gasteiger partial charge in [-0.1, -0.05) is 0 Å². The maximum atomic E-state index is 11.8. The zero-order valence-electron chi connectivity index (χ0n) is 15.8. The van der Waals surface area contributed by atoms with Crippen LogP contribution in [0.15, 0.2) is 12.5 Å². The van der Waals surface area contributed by atoms with E-state index in [1.54, 1.807) is 7.05 Å². The summed E-state index contributed by atoms with van der Waals surface area (Å²) in [5.74, 6) is 0.332. The Morgan fingerprint density at radius 1 is 1.12 bits per heavy atom. The molecule has 3 heterocycles. The second-order valence-corrected chi connectivity index (χ2v) is 10.7. The Labute approximate surface area is 178 Å². The zero-order chi connectivity index (χ0) is 23.9. The van der Waals surface area contributed by atoms with Gasteiger partial charge in [0.1, 0.15) is 23.8 Å². The SMILES string of the molecule is CNc1nncc2c1ncn2[C@@H]1O[C@H](COP(=O)(O)OP(=O)(O)OP(=O)(O)O)[C@@H](O)[C@H]1O. The molecular formula is C11H18N5O13P3. The van der Waals surface area contributed by atoms with Gasteiger partial charge in [0.2, 0.25) is 0 Å². The largest absolute Gasteiger partial charge is 0.490 e. The standard InChI is InChI=1S/C11H18N5O13P3/c1-12-10-7-5(2-14-15-10)16(4-13-7)11-9(18)8(17)6(27-11)3-26-31(22,23)29-32(24,25)28-30(19,20)21/h2,4,6,8-9,11,17-18H,3H2,1H3,(H,12,15)(H,22,23)(H,24,25)(H2,19,20,21)/t6-,8-,9-,11-/m1/s1. The van der Waals surface area contributed by atoms with E-state index in [4.69, 9.17) is 19.4 Å². The number of nitrogens with zero attached hydrogens (tertiary/aromatic N) is 4. The van der Waals surface area contributed by atoms with Gasteiger partial charge in [0.25, 0.3) is 0 Å². The number of aliphatic hydroxyl groups is 2. The molecule has 2 aromatic rings. The lowest BCUT2D eigenvalue weighted by atomic mass is 10.1. The van der Waals surface area contributed by atoms with Crippen LogP contribution in [0.4, 0.5) is 5.82 Å². The van der Waals surface area contributed by atoms with E-state index in [1.165, 1.54) is 17.1 Å². The number of nitrogens with one attached hydrogen (secondary N) is 1. The lowest BCUT2D eigenvalue weighted by Crippen LogP contribution is -2.33. The Kier molecular flexibility index (Phi) is 7.20. The molecule has 0 spiro atoms. The molecule has 2 unspecified atom stereocenters. The third kappa shape index (κ3) is 5.76. The van der Waals surface area contributed by atoms with Crippen LogP contribution in [0.2, 0.25) is 0 Å². The molecule has 7 N–H and O–H groups in total. The highest BCUT2D eigenvalue weighted by atomic mass is 31.3. The molecule has 6 atom stereocenters. The number of hydrogen-bond acceptors (Lipinski definition) is 13. The number of rotatable bonds is 9. The molecule has 1 aliphatic rings. The second-order valence-electron chi connectivity index (χ2n) is 6.26. The average Bonchev–Trinajstić information content (AvgIpc) is 3.19. The van der Waals surface area contributed by atoms with Crippen LogP contribution >= 0.6 is 23.5 Å². The van der Waals surface area contributed by atoms with Crippen molar-refractivity contribution < 1.29 is 61.4 Å². The molecule has 0 saturated carbocycles. The number of phosphoric acid groups is 3. The van der Waals surface area contributed by atoms with Gasteiger partial charge in [0, 0.05) is 7.05 Å². The number of aliphatic hydroxyl groups excluding tert-OH is 2. The highest BCUT2D eigenvalue weighted by Crippen LogP contribution is 2.66. The van der Waals surface area contributed by atoms with Crippen molar-refractivity contribution in [1.82, 2.24) is 19.7 Å². The van der Waals surface area contributed by atoms with E-state index in [1.807, 2.05) is 0 Å². The fourth-order valence-electron chi connectivity index (χ4n) is 2.81. The maximum absolute atomic E-state index is 11.8. The van der Waals surface area contributed by atoms with Gasteiger partial charge >= 0.3 is 23.5 Å². The van der Waals surface area contributed by atoms with Crippen LogP contribution < -0.4 is 5.32 Å². The smallest absolute Gasteiger partial charge is 0.387 e. The molecule has 3 rings (SSSR count). The van der Waals surface area contributed by atoms with Crippen molar-refractivity contribution in [3.8, 4) is 0 Å². The van der Waals surface area contributed by atoms with E-state index in [-0.39, 0.29) is 0 Å². The van der Waals surface area contributed by atoms with E-state index in [9.17, 15) is 28.8 Å². The van der Waals surface area contributed by atoms with Crippen molar-refractivity contribution in [3.05, 3.63) is 12.5 Å². The van der Waals surface area contributed by atoms with Gasteiger partial charge in [-0.05, 0) is 0 Å². The molecule has 1 aliphatic heterocycles. The van der Waals surface area contributed by atoms with Crippen molar-refractivity contribution in [2.45, 2.75) is 24.5 Å². The Morgan fingerprint density at radius 2 is 1.81 bits per heavy atom. The van der Waals surface area contributed by atoms with Crippen LogP contribution in [0.25, 0.3) is 11.0 Å². The number of anilines is 1. The van der Waals surface area contributed by atoms with Gasteiger partial charge in [-0.3, -0.25) is 9.09 Å². The molecule has 1 fully saturated rings. The number of aromatic nitrogens is 4. The van der Waals surface area contributed by atoms with Gasteiger partial charge in [0.15, 0.2) is 12.0 Å². The summed E-state index contributed by atoms with van der Waals surface area (Å²) in [5.41, 5.74) is 0.749. The van der Waals surface area contributed by atoms with Crippen LogP contribution in [-0.2, 0) is 31.6 Å². The molecule has 32 heavy (non-hydrogen) atoms. The predicted octanol–water partition coefficient (Wildman–Crippen LogP) is -1.17.